The van der Waals surface area contributed by atoms with Gasteiger partial charge in [-0.2, -0.15) is 4.98 Å². The fourth-order valence-corrected chi connectivity index (χ4v) is 1.65. The Kier molecular flexibility index (Phi) is 4.36. The molecule has 0 bridgehead atoms. The highest BCUT2D eigenvalue weighted by Gasteiger charge is 2.13. The standard InChI is InChI=1S/C10H16ClN5O/c1-2-12-10-13-7-8(11)9(14-10)15-16-3-5-17-6-4-16/h7H,2-6H2,1H3,(H2,12,13,14,15). The smallest absolute Gasteiger partial charge is 0.224 e. The molecule has 2 N–H and O–H groups in total. The topological polar surface area (TPSA) is 62.3 Å². The van der Waals surface area contributed by atoms with E-state index in [9.17, 15) is 0 Å². The van der Waals surface area contributed by atoms with Crippen LogP contribution in [-0.4, -0.2) is 47.8 Å². The van der Waals surface area contributed by atoms with E-state index in [-0.39, 0.29) is 0 Å². The molecule has 0 aliphatic carbocycles. The molecule has 1 aromatic heterocycles. The largest absolute Gasteiger partial charge is 0.379 e. The summed E-state index contributed by atoms with van der Waals surface area (Å²) in [6.45, 7) is 5.84. The van der Waals surface area contributed by atoms with Gasteiger partial charge in [-0.05, 0) is 6.92 Å². The Morgan fingerprint density at radius 3 is 2.94 bits per heavy atom. The second-order valence-corrected chi connectivity index (χ2v) is 4.04. The highest BCUT2D eigenvalue weighted by molar-refractivity contribution is 6.32. The van der Waals surface area contributed by atoms with E-state index >= 15 is 0 Å². The quantitative estimate of drug-likeness (QED) is 0.846. The molecule has 0 radical (unpaired) electrons. The zero-order valence-electron chi connectivity index (χ0n) is 9.74. The Morgan fingerprint density at radius 2 is 2.24 bits per heavy atom. The third-order valence-corrected chi connectivity index (χ3v) is 2.63. The molecule has 6 nitrogen and oxygen atoms in total. The van der Waals surface area contributed by atoms with Crippen LogP contribution in [-0.2, 0) is 4.74 Å². The molecule has 1 saturated heterocycles. The molecule has 1 aliphatic heterocycles. The summed E-state index contributed by atoms with van der Waals surface area (Å²) < 4.78 is 5.27. The molecule has 1 aliphatic rings. The molecule has 0 spiro atoms. The molecule has 1 fully saturated rings. The highest BCUT2D eigenvalue weighted by atomic mass is 35.5. The number of nitrogens with zero attached hydrogens (tertiary/aromatic N) is 3. The number of aromatic nitrogens is 2. The van der Waals surface area contributed by atoms with Crippen LogP contribution < -0.4 is 10.7 Å². The molecule has 0 aromatic carbocycles. The average molecular weight is 258 g/mol. The second-order valence-electron chi connectivity index (χ2n) is 3.63. The van der Waals surface area contributed by atoms with Crippen molar-refractivity contribution in [1.82, 2.24) is 15.0 Å². The number of hydrogen-bond donors (Lipinski definition) is 2. The minimum absolute atomic E-state index is 0.512. The first kappa shape index (κ1) is 12.3. The Bertz CT molecular complexity index is 370. The maximum Gasteiger partial charge on any atom is 0.224 e. The molecule has 2 rings (SSSR count). The number of morpholine rings is 1. The van der Waals surface area contributed by atoms with Gasteiger partial charge in [0.25, 0.3) is 0 Å². The monoisotopic (exact) mass is 257 g/mol. The fourth-order valence-electron chi connectivity index (χ4n) is 1.51. The lowest BCUT2D eigenvalue weighted by Gasteiger charge is -2.27. The van der Waals surface area contributed by atoms with Crippen molar-refractivity contribution in [2.24, 2.45) is 0 Å². The molecular formula is C10H16ClN5O. The van der Waals surface area contributed by atoms with Gasteiger partial charge in [0.15, 0.2) is 5.82 Å². The molecule has 94 valence electrons. The summed E-state index contributed by atoms with van der Waals surface area (Å²) in [5.74, 6) is 1.20. The predicted molar refractivity (Wildman–Crippen MR) is 67.2 cm³/mol. The lowest BCUT2D eigenvalue weighted by molar-refractivity contribution is 0.0495. The van der Waals surface area contributed by atoms with E-state index in [1.165, 1.54) is 0 Å². The van der Waals surface area contributed by atoms with Crippen molar-refractivity contribution in [2.45, 2.75) is 6.92 Å². The zero-order valence-corrected chi connectivity index (χ0v) is 10.5. The maximum atomic E-state index is 6.04. The molecule has 17 heavy (non-hydrogen) atoms. The lowest BCUT2D eigenvalue weighted by atomic mass is 10.5. The van der Waals surface area contributed by atoms with Crippen LogP contribution in [0.5, 0.6) is 0 Å². The fraction of sp³-hybridized carbons (Fsp3) is 0.600. The van der Waals surface area contributed by atoms with Crippen molar-refractivity contribution in [2.75, 3.05) is 43.6 Å². The van der Waals surface area contributed by atoms with Gasteiger partial charge in [-0.25, -0.2) is 9.99 Å². The number of hydrogen-bond acceptors (Lipinski definition) is 6. The molecule has 1 aromatic rings. The summed E-state index contributed by atoms with van der Waals surface area (Å²) in [6, 6.07) is 0. The van der Waals surface area contributed by atoms with Crippen LogP contribution in [0.4, 0.5) is 11.8 Å². The van der Waals surface area contributed by atoms with Crippen molar-refractivity contribution in [1.29, 1.82) is 0 Å². The van der Waals surface area contributed by atoms with E-state index < -0.39 is 0 Å². The summed E-state index contributed by atoms with van der Waals surface area (Å²) >= 11 is 6.04. The van der Waals surface area contributed by atoms with Gasteiger partial charge < -0.3 is 15.5 Å². The third kappa shape index (κ3) is 3.42. The minimum atomic E-state index is 0.512. The molecule has 7 heteroatoms. The van der Waals surface area contributed by atoms with E-state index in [0.29, 0.717) is 16.8 Å². The van der Waals surface area contributed by atoms with Gasteiger partial charge in [0, 0.05) is 19.6 Å². The molecule has 2 heterocycles. The van der Waals surface area contributed by atoms with E-state index in [2.05, 4.69) is 20.7 Å². The summed E-state index contributed by atoms with van der Waals surface area (Å²) in [5.41, 5.74) is 3.18. The summed E-state index contributed by atoms with van der Waals surface area (Å²) in [7, 11) is 0. The van der Waals surface area contributed by atoms with Gasteiger partial charge in [-0.1, -0.05) is 11.6 Å². The minimum Gasteiger partial charge on any atom is -0.379 e. The van der Waals surface area contributed by atoms with Crippen molar-refractivity contribution >= 4 is 23.4 Å². The first-order chi connectivity index (χ1) is 8.29. The second kappa shape index (κ2) is 6.00. The number of ether oxygens (including phenoxy) is 1. The van der Waals surface area contributed by atoms with Gasteiger partial charge in [-0.3, -0.25) is 0 Å². The Balaban J connectivity index is 2.04. The van der Waals surface area contributed by atoms with Crippen molar-refractivity contribution in [3.63, 3.8) is 0 Å². The van der Waals surface area contributed by atoms with Gasteiger partial charge in [0.1, 0.15) is 5.02 Å². The van der Waals surface area contributed by atoms with E-state index in [0.717, 1.165) is 32.8 Å². The maximum absolute atomic E-state index is 6.04. The SMILES string of the molecule is CCNc1ncc(Cl)c(NN2CCOCC2)n1. The van der Waals surface area contributed by atoms with Gasteiger partial charge in [0.05, 0.1) is 19.4 Å². The van der Waals surface area contributed by atoms with Crippen LogP contribution in [0.1, 0.15) is 6.92 Å². The van der Waals surface area contributed by atoms with Crippen LogP contribution >= 0.6 is 11.6 Å². The van der Waals surface area contributed by atoms with Crippen LogP contribution in [0, 0.1) is 0 Å². The number of anilines is 2. The van der Waals surface area contributed by atoms with E-state index in [1.54, 1.807) is 6.20 Å². The molecule has 0 unspecified atom stereocenters. The number of halogens is 1. The summed E-state index contributed by atoms with van der Waals surface area (Å²) in [6.07, 6.45) is 1.59. The lowest BCUT2D eigenvalue weighted by Crippen LogP contribution is -2.40. The first-order valence-electron chi connectivity index (χ1n) is 5.65. The highest BCUT2D eigenvalue weighted by Crippen LogP contribution is 2.20. The third-order valence-electron chi connectivity index (χ3n) is 2.35. The van der Waals surface area contributed by atoms with Crippen LogP contribution in [0.25, 0.3) is 0 Å². The van der Waals surface area contributed by atoms with Crippen molar-refractivity contribution < 1.29 is 4.74 Å². The molecule has 0 amide bonds. The summed E-state index contributed by atoms with van der Waals surface area (Å²) in [4.78, 5) is 8.39. The Morgan fingerprint density at radius 1 is 1.47 bits per heavy atom. The van der Waals surface area contributed by atoms with E-state index in [4.69, 9.17) is 16.3 Å². The normalized spacial score (nSPS) is 16.8. The molecule has 0 atom stereocenters. The van der Waals surface area contributed by atoms with Crippen molar-refractivity contribution in [3.8, 4) is 0 Å². The number of rotatable bonds is 4. The number of nitrogens with one attached hydrogen (secondary N) is 2. The summed E-state index contributed by atoms with van der Waals surface area (Å²) in [5, 5.41) is 5.60. The van der Waals surface area contributed by atoms with Crippen molar-refractivity contribution in [3.05, 3.63) is 11.2 Å². The zero-order chi connectivity index (χ0) is 12.1. The van der Waals surface area contributed by atoms with Crippen LogP contribution in [0.2, 0.25) is 5.02 Å². The number of hydrazine groups is 1. The van der Waals surface area contributed by atoms with Gasteiger partial charge in [0.2, 0.25) is 5.95 Å². The van der Waals surface area contributed by atoms with Crippen LogP contribution in [0.3, 0.4) is 0 Å². The molecule has 0 saturated carbocycles. The van der Waals surface area contributed by atoms with Crippen LogP contribution in [0.15, 0.2) is 6.20 Å². The van der Waals surface area contributed by atoms with E-state index in [1.807, 2.05) is 11.9 Å². The van der Waals surface area contributed by atoms with Gasteiger partial charge >= 0.3 is 0 Å². The predicted octanol–water partition coefficient (Wildman–Crippen LogP) is 1.22. The Hall–Kier alpha value is -1.11. The first-order valence-corrected chi connectivity index (χ1v) is 6.03. The Labute approximate surface area is 105 Å². The van der Waals surface area contributed by atoms with Gasteiger partial charge in [-0.15, -0.1) is 0 Å². The average Bonchev–Trinajstić information content (AvgIpc) is 2.35. The molecular weight excluding hydrogens is 242 g/mol.